The van der Waals surface area contributed by atoms with Gasteiger partial charge in [-0.15, -0.1) is 0 Å². The number of aryl methyl sites for hydroxylation is 1. The van der Waals surface area contributed by atoms with E-state index in [1.807, 2.05) is 14.0 Å². The lowest BCUT2D eigenvalue weighted by Crippen LogP contribution is -2.33. The largest absolute Gasteiger partial charge is 0.478 e. The van der Waals surface area contributed by atoms with Crippen LogP contribution in [0.15, 0.2) is 12.1 Å². The maximum absolute atomic E-state index is 11.3. The van der Waals surface area contributed by atoms with Crippen molar-refractivity contribution < 1.29 is 9.90 Å². The van der Waals surface area contributed by atoms with Gasteiger partial charge in [-0.1, -0.05) is 25.7 Å². The number of hydrogen-bond donors (Lipinski definition) is 1. The van der Waals surface area contributed by atoms with Gasteiger partial charge in [-0.05, 0) is 31.9 Å². The third kappa shape index (κ3) is 3.25. The molecule has 104 valence electrons. The molecule has 0 amide bonds. The van der Waals surface area contributed by atoms with Crippen LogP contribution in [0.3, 0.4) is 0 Å². The number of carboxylic acids is 1. The Balaban J connectivity index is 2.28. The number of carbonyl (C=O) groups is 1. The second-order valence-electron chi connectivity index (χ2n) is 5.39. The molecule has 4 nitrogen and oxygen atoms in total. The molecule has 0 saturated heterocycles. The number of carboxylic acid groups (broad SMARTS) is 1. The third-order valence-corrected chi connectivity index (χ3v) is 3.95. The number of anilines is 1. The van der Waals surface area contributed by atoms with Crippen LogP contribution < -0.4 is 4.90 Å². The Morgan fingerprint density at radius 1 is 1.26 bits per heavy atom. The summed E-state index contributed by atoms with van der Waals surface area (Å²) in [5.74, 6) is -0.289. The number of nitrogens with zero attached hydrogens (tertiary/aromatic N) is 2. The lowest BCUT2D eigenvalue weighted by atomic mass is 10.1. The van der Waals surface area contributed by atoms with Crippen molar-refractivity contribution in [3.63, 3.8) is 0 Å². The molecule has 1 fully saturated rings. The standard InChI is InChI=1S/C15H22N2O2/c1-11-9-10-13(15(18)19)14(16-11)17(2)12-7-5-3-4-6-8-12/h9-10,12H,3-8H2,1-2H3,(H,18,19). The van der Waals surface area contributed by atoms with Gasteiger partial charge in [0.15, 0.2) is 0 Å². The smallest absolute Gasteiger partial charge is 0.339 e. The van der Waals surface area contributed by atoms with Crippen molar-refractivity contribution in [1.82, 2.24) is 4.98 Å². The highest BCUT2D eigenvalue weighted by atomic mass is 16.4. The first-order valence-electron chi connectivity index (χ1n) is 7.03. The van der Waals surface area contributed by atoms with E-state index in [1.165, 1.54) is 25.7 Å². The summed E-state index contributed by atoms with van der Waals surface area (Å²) in [4.78, 5) is 17.8. The van der Waals surface area contributed by atoms with Crippen molar-refractivity contribution in [1.29, 1.82) is 0 Å². The van der Waals surface area contributed by atoms with E-state index < -0.39 is 5.97 Å². The Kier molecular flexibility index (Phi) is 4.40. The van der Waals surface area contributed by atoms with E-state index in [2.05, 4.69) is 9.88 Å². The molecule has 1 aliphatic carbocycles. The third-order valence-electron chi connectivity index (χ3n) is 3.95. The molecule has 4 heteroatoms. The molecule has 1 aliphatic rings. The fraction of sp³-hybridized carbons (Fsp3) is 0.600. The molecule has 0 aromatic carbocycles. The Morgan fingerprint density at radius 2 is 1.89 bits per heavy atom. The average Bonchev–Trinajstić information content (AvgIpc) is 2.66. The molecular formula is C15H22N2O2. The van der Waals surface area contributed by atoms with E-state index in [1.54, 1.807) is 12.1 Å². The van der Waals surface area contributed by atoms with Crippen molar-refractivity contribution in [3.05, 3.63) is 23.4 Å². The minimum atomic E-state index is -0.900. The van der Waals surface area contributed by atoms with Gasteiger partial charge in [0.25, 0.3) is 0 Å². The summed E-state index contributed by atoms with van der Waals surface area (Å²) in [7, 11) is 1.98. The van der Waals surface area contributed by atoms with E-state index in [4.69, 9.17) is 0 Å². The van der Waals surface area contributed by atoms with E-state index in [9.17, 15) is 9.90 Å². The number of aromatic carboxylic acids is 1. The zero-order valence-corrected chi connectivity index (χ0v) is 11.7. The fourth-order valence-corrected chi connectivity index (χ4v) is 2.80. The maximum atomic E-state index is 11.3. The molecule has 1 aromatic rings. The number of hydrogen-bond acceptors (Lipinski definition) is 3. The Bertz CT molecular complexity index is 451. The first-order valence-corrected chi connectivity index (χ1v) is 7.03. The van der Waals surface area contributed by atoms with Gasteiger partial charge in [0.1, 0.15) is 11.4 Å². The molecular weight excluding hydrogens is 240 g/mol. The van der Waals surface area contributed by atoms with E-state index in [-0.39, 0.29) is 0 Å². The van der Waals surface area contributed by atoms with E-state index in [0.29, 0.717) is 17.4 Å². The summed E-state index contributed by atoms with van der Waals surface area (Å²) in [5.41, 5.74) is 1.16. The monoisotopic (exact) mass is 262 g/mol. The SMILES string of the molecule is Cc1ccc(C(=O)O)c(N(C)C2CCCCCC2)n1. The molecule has 0 atom stereocenters. The van der Waals surface area contributed by atoms with Crippen LogP contribution in [-0.2, 0) is 0 Å². The summed E-state index contributed by atoms with van der Waals surface area (Å²) in [6.07, 6.45) is 7.29. The lowest BCUT2D eigenvalue weighted by molar-refractivity contribution is 0.0697. The molecule has 2 rings (SSSR count). The highest BCUT2D eigenvalue weighted by Crippen LogP contribution is 2.26. The highest BCUT2D eigenvalue weighted by molar-refractivity contribution is 5.93. The number of aromatic nitrogens is 1. The van der Waals surface area contributed by atoms with Crippen molar-refractivity contribution >= 4 is 11.8 Å². The molecule has 0 aliphatic heterocycles. The summed E-state index contributed by atoms with van der Waals surface area (Å²) in [5, 5.41) is 9.29. The van der Waals surface area contributed by atoms with E-state index in [0.717, 1.165) is 18.5 Å². The first-order chi connectivity index (χ1) is 9.09. The van der Waals surface area contributed by atoms with Crippen molar-refractivity contribution in [2.24, 2.45) is 0 Å². The minimum Gasteiger partial charge on any atom is -0.478 e. The second-order valence-corrected chi connectivity index (χ2v) is 5.39. The average molecular weight is 262 g/mol. The lowest BCUT2D eigenvalue weighted by Gasteiger charge is -2.29. The molecule has 19 heavy (non-hydrogen) atoms. The van der Waals surface area contributed by atoms with Crippen molar-refractivity contribution in [2.75, 3.05) is 11.9 Å². The van der Waals surface area contributed by atoms with Crippen LogP contribution in [0.4, 0.5) is 5.82 Å². The predicted octanol–water partition coefficient (Wildman–Crippen LogP) is 3.25. The molecule has 0 radical (unpaired) electrons. The van der Waals surface area contributed by atoms with Gasteiger partial charge in [-0.25, -0.2) is 9.78 Å². The topological polar surface area (TPSA) is 53.4 Å². The van der Waals surface area contributed by atoms with Crippen LogP contribution >= 0.6 is 0 Å². The quantitative estimate of drug-likeness (QED) is 0.850. The fourth-order valence-electron chi connectivity index (χ4n) is 2.80. The number of rotatable bonds is 3. The van der Waals surface area contributed by atoms with Crippen molar-refractivity contribution in [3.8, 4) is 0 Å². The Labute approximate surface area is 114 Å². The first kappa shape index (κ1) is 13.8. The van der Waals surface area contributed by atoms with Crippen LogP contribution in [0.25, 0.3) is 0 Å². The van der Waals surface area contributed by atoms with Gasteiger partial charge in [0, 0.05) is 18.8 Å². The Morgan fingerprint density at radius 3 is 2.47 bits per heavy atom. The summed E-state index contributed by atoms with van der Waals surface area (Å²) < 4.78 is 0. The van der Waals surface area contributed by atoms with Crippen LogP contribution in [0.1, 0.15) is 54.6 Å². The van der Waals surface area contributed by atoms with Gasteiger partial charge < -0.3 is 10.0 Å². The molecule has 1 aromatic heterocycles. The van der Waals surface area contributed by atoms with E-state index >= 15 is 0 Å². The van der Waals surface area contributed by atoms with Gasteiger partial charge in [-0.2, -0.15) is 0 Å². The Hall–Kier alpha value is -1.58. The normalized spacial score (nSPS) is 16.9. The van der Waals surface area contributed by atoms with Gasteiger partial charge >= 0.3 is 5.97 Å². The van der Waals surface area contributed by atoms with Gasteiger partial charge in [0.2, 0.25) is 0 Å². The predicted molar refractivity (Wildman–Crippen MR) is 75.8 cm³/mol. The van der Waals surface area contributed by atoms with Gasteiger partial charge in [0.05, 0.1) is 0 Å². The molecule has 1 saturated carbocycles. The van der Waals surface area contributed by atoms with Crippen LogP contribution in [0.5, 0.6) is 0 Å². The zero-order valence-electron chi connectivity index (χ0n) is 11.7. The highest BCUT2D eigenvalue weighted by Gasteiger charge is 2.22. The summed E-state index contributed by atoms with van der Waals surface area (Å²) >= 11 is 0. The van der Waals surface area contributed by atoms with Crippen molar-refractivity contribution in [2.45, 2.75) is 51.5 Å². The molecule has 1 N–H and O–H groups in total. The maximum Gasteiger partial charge on any atom is 0.339 e. The van der Waals surface area contributed by atoms with Gasteiger partial charge in [-0.3, -0.25) is 0 Å². The van der Waals surface area contributed by atoms with Crippen LogP contribution in [0.2, 0.25) is 0 Å². The summed E-state index contributed by atoms with van der Waals surface area (Å²) in [6, 6.07) is 3.83. The minimum absolute atomic E-state index is 0.303. The molecule has 0 bridgehead atoms. The number of pyridine rings is 1. The molecule has 1 heterocycles. The van der Waals surface area contributed by atoms with Crippen LogP contribution in [-0.4, -0.2) is 29.1 Å². The molecule has 0 spiro atoms. The molecule has 0 unspecified atom stereocenters. The summed E-state index contributed by atoms with van der Waals surface area (Å²) in [6.45, 7) is 1.90. The zero-order chi connectivity index (χ0) is 13.8. The van der Waals surface area contributed by atoms with Crippen LogP contribution in [0, 0.1) is 6.92 Å². The second kappa shape index (κ2) is 6.04.